The Labute approximate surface area is 166 Å². The van der Waals surface area contributed by atoms with Crippen LogP contribution in [0.25, 0.3) is 0 Å². The highest BCUT2D eigenvalue weighted by Crippen LogP contribution is 2.27. The van der Waals surface area contributed by atoms with Crippen molar-refractivity contribution in [3.05, 3.63) is 82.5 Å². The molecule has 0 saturated heterocycles. The fourth-order valence-electron chi connectivity index (χ4n) is 3.19. The zero-order valence-electron chi connectivity index (χ0n) is 15.7. The second-order valence-corrected chi connectivity index (χ2v) is 6.83. The van der Waals surface area contributed by atoms with Crippen molar-refractivity contribution in [1.82, 2.24) is 20.4 Å². The Morgan fingerprint density at radius 1 is 0.966 bits per heavy atom. The van der Waals surface area contributed by atoms with E-state index in [2.05, 4.69) is 20.8 Å². The van der Waals surface area contributed by atoms with Crippen molar-refractivity contribution in [3.8, 4) is 0 Å². The topological polar surface area (TPSA) is 107 Å². The average molecular weight is 389 g/mol. The lowest BCUT2D eigenvalue weighted by Gasteiger charge is -2.16. The Hall–Kier alpha value is -3.94. The first-order valence-corrected chi connectivity index (χ1v) is 9.10. The van der Waals surface area contributed by atoms with E-state index in [-0.39, 0.29) is 19.0 Å². The summed E-state index contributed by atoms with van der Waals surface area (Å²) in [6.45, 7) is 2.40. The lowest BCUT2D eigenvalue weighted by molar-refractivity contribution is 0.0950. The first-order chi connectivity index (χ1) is 14.0. The number of hydrogen-bond donors (Lipinski definition) is 3. The number of carbonyl (C=O) groups is 3. The Kier molecular flexibility index (Phi) is 4.82. The van der Waals surface area contributed by atoms with Gasteiger partial charge in [-0.15, -0.1) is 0 Å². The number of H-pyrrole nitrogens is 1. The highest BCUT2D eigenvalue weighted by atomic mass is 16.2. The number of fused-ring (bicyclic) bond motifs is 1. The molecule has 2 aromatic carbocycles. The van der Waals surface area contributed by atoms with Gasteiger partial charge in [0.1, 0.15) is 5.82 Å². The lowest BCUT2D eigenvalue weighted by Crippen LogP contribution is -2.40. The van der Waals surface area contributed by atoms with Gasteiger partial charge >= 0.3 is 6.03 Å². The summed E-state index contributed by atoms with van der Waals surface area (Å²) in [7, 11) is 0. The van der Waals surface area contributed by atoms with Gasteiger partial charge < -0.3 is 10.2 Å². The summed E-state index contributed by atoms with van der Waals surface area (Å²) in [4.78, 5) is 38.6. The molecule has 0 saturated carbocycles. The largest absolute Gasteiger partial charge is 0.324 e. The van der Waals surface area contributed by atoms with Crippen LogP contribution in [-0.4, -0.2) is 32.9 Å². The fraction of sp³-hybridized carbons (Fsp3) is 0.143. The quantitative estimate of drug-likeness (QED) is 0.640. The molecule has 2 heterocycles. The third-order valence-electron chi connectivity index (χ3n) is 4.70. The first kappa shape index (κ1) is 18.4. The van der Waals surface area contributed by atoms with Crippen molar-refractivity contribution in [2.45, 2.75) is 20.0 Å². The molecule has 0 aliphatic carbocycles. The summed E-state index contributed by atoms with van der Waals surface area (Å²) < 4.78 is 0. The molecule has 146 valence electrons. The molecular formula is C21H19N5O3. The van der Waals surface area contributed by atoms with Crippen molar-refractivity contribution in [1.29, 1.82) is 0 Å². The monoisotopic (exact) mass is 389 g/mol. The van der Waals surface area contributed by atoms with E-state index in [0.29, 0.717) is 22.6 Å². The summed E-state index contributed by atoms with van der Waals surface area (Å²) in [6.07, 6.45) is 0. The maximum absolute atomic E-state index is 12.5. The van der Waals surface area contributed by atoms with E-state index in [1.165, 1.54) is 4.90 Å². The van der Waals surface area contributed by atoms with E-state index in [4.69, 9.17) is 0 Å². The maximum Gasteiger partial charge on any atom is 0.324 e. The lowest BCUT2D eigenvalue weighted by atomic mass is 10.1. The number of aromatic amines is 1. The van der Waals surface area contributed by atoms with Crippen molar-refractivity contribution in [2.24, 2.45) is 0 Å². The van der Waals surface area contributed by atoms with E-state index in [0.717, 1.165) is 11.1 Å². The zero-order chi connectivity index (χ0) is 20.4. The van der Waals surface area contributed by atoms with Gasteiger partial charge in [0.25, 0.3) is 11.8 Å². The van der Waals surface area contributed by atoms with E-state index in [1.54, 1.807) is 42.5 Å². The van der Waals surface area contributed by atoms with Crippen molar-refractivity contribution in [3.63, 3.8) is 0 Å². The number of aryl methyl sites for hydroxylation is 1. The Balaban J connectivity index is 1.41. The number of nitrogens with zero attached hydrogens (tertiary/aromatic N) is 2. The number of rotatable bonds is 3. The van der Waals surface area contributed by atoms with Crippen LogP contribution in [0.4, 0.5) is 10.6 Å². The third-order valence-corrected chi connectivity index (χ3v) is 4.70. The number of carbonyl (C=O) groups excluding carboxylic acids is 3. The molecule has 8 heteroatoms. The number of anilines is 1. The van der Waals surface area contributed by atoms with Crippen LogP contribution in [0.3, 0.4) is 0 Å². The Bertz CT molecular complexity index is 1090. The SMILES string of the molecule is Cc1cccc(C(=O)Nc2[nH]nc3c2CN(C(=O)NC(=O)c2ccccc2)C3)c1. The first-order valence-electron chi connectivity index (χ1n) is 9.10. The molecule has 3 aromatic rings. The average Bonchev–Trinajstić information content (AvgIpc) is 3.30. The predicted molar refractivity (Wildman–Crippen MR) is 106 cm³/mol. The maximum atomic E-state index is 12.5. The van der Waals surface area contributed by atoms with Crippen LogP contribution >= 0.6 is 0 Å². The van der Waals surface area contributed by atoms with E-state index >= 15 is 0 Å². The van der Waals surface area contributed by atoms with Gasteiger partial charge in [-0.2, -0.15) is 5.10 Å². The van der Waals surface area contributed by atoms with Crippen LogP contribution in [0.2, 0.25) is 0 Å². The molecule has 8 nitrogen and oxygen atoms in total. The number of amides is 4. The summed E-state index contributed by atoms with van der Waals surface area (Å²) in [6, 6.07) is 15.3. The molecule has 4 rings (SSSR count). The number of urea groups is 1. The molecule has 1 aromatic heterocycles. The molecule has 0 spiro atoms. The molecule has 4 amide bonds. The van der Waals surface area contributed by atoms with Crippen molar-refractivity contribution >= 4 is 23.7 Å². The minimum absolute atomic E-state index is 0.239. The van der Waals surface area contributed by atoms with Crippen LogP contribution in [0, 0.1) is 6.92 Å². The molecule has 29 heavy (non-hydrogen) atoms. The van der Waals surface area contributed by atoms with Crippen LogP contribution in [0.15, 0.2) is 54.6 Å². The molecule has 0 atom stereocenters. The number of aromatic nitrogens is 2. The molecule has 3 N–H and O–H groups in total. The third kappa shape index (κ3) is 3.86. The van der Waals surface area contributed by atoms with Crippen LogP contribution in [0.1, 0.15) is 37.5 Å². The summed E-state index contributed by atoms with van der Waals surface area (Å²) in [5, 5.41) is 12.2. The molecule has 0 fully saturated rings. The molecular weight excluding hydrogens is 370 g/mol. The van der Waals surface area contributed by atoms with Crippen LogP contribution in [0.5, 0.6) is 0 Å². The highest BCUT2D eigenvalue weighted by molar-refractivity contribution is 6.05. The summed E-state index contributed by atoms with van der Waals surface area (Å²) >= 11 is 0. The second-order valence-electron chi connectivity index (χ2n) is 6.83. The molecule has 0 bridgehead atoms. The van der Waals surface area contributed by atoms with Gasteiger partial charge in [0.05, 0.1) is 18.8 Å². The summed E-state index contributed by atoms with van der Waals surface area (Å²) in [5.74, 6) is -0.270. The van der Waals surface area contributed by atoms with Gasteiger partial charge in [-0.3, -0.25) is 20.0 Å². The van der Waals surface area contributed by atoms with Gasteiger partial charge in [-0.05, 0) is 31.2 Å². The molecule has 1 aliphatic rings. The zero-order valence-corrected chi connectivity index (χ0v) is 15.7. The molecule has 0 radical (unpaired) electrons. The van der Waals surface area contributed by atoms with Gasteiger partial charge in [0.15, 0.2) is 0 Å². The fourth-order valence-corrected chi connectivity index (χ4v) is 3.19. The highest BCUT2D eigenvalue weighted by Gasteiger charge is 2.30. The number of nitrogens with one attached hydrogen (secondary N) is 3. The Morgan fingerprint density at radius 2 is 1.72 bits per heavy atom. The van der Waals surface area contributed by atoms with Gasteiger partial charge in [0, 0.05) is 16.7 Å². The van der Waals surface area contributed by atoms with Gasteiger partial charge in [-0.1, -0.05) is 35.9 Å². The minimum Gasteiger partial charge on any atom is -0.314 e. The molecule has 0 unspecified atom stereocenters. The van der Waals surface area contributed by atoms with Crippen molar-refractivity contribution < 1.29 is 14.4 Å². The minimum atomic E-state index is -0.507. The Morgan fingerprint density at radius 3 is 2.48 bits per heavy atom. The predicted octanol–water partition coefficient (Wildman–Crippen LogP) is 2.84. The molecule has 1 aliphatic heterocycles. The van der Waals surface area contributed by atoms with Crippen LogP contribution < -0.4 is 10.6 Å². The standard InChI is InChI=1S/C21H19N5O3/c1-13-6-5-9-15(10-13)20(28)22-18-16-11-26(12-17(16)24-25-18)21(29)23-19(27)14-7-3-2-4-8-14/h2-10H,11-12H2,1H3,(H,23,27,29)(H2,22,24,25,28). The van der Waals surface area contributed by atoms with E-state index in [1.807, 2.05) is 19.1 Å². The smallest absolute Gasteiger partial charge is 0.314 e. The number of imide groups is 1. The number of hydrogen-bond acceptors (Lipinski definition) is 4. The summed E-state index contributed by atoms with van der Waals surface area (Å²) in [5.41, 5.74) is 3.32. The van der Waals surface area contributed by atoms with Gasteiger partial charge in [0.2, 0.25) is 0 Å². The van der Waals surface area contributed by atoms with Crippen molar-refractivity contribution in [2.75, 3.05) is 5.32 Å². The second kappa shape index (κ2) is 7.59. The van der Waals surface area contributed by atoms with Gasteiger partial charge in [-0.25, -0.2) is 4.79 Å². The van der Waals surface area contributed by atoms with E-state index in [9.17, 15) is 14.4 Å². The van der Waals surface area contributed by atoms with E-state index < -0.39 is 11.9 Å². The van der Waals surface area contributed by atoms with Crippen LogP contribution in [-0.2, 0) is 13.1 Å². The normalized spacial score (nSPS) is 12.4. The number of benzene rings is 2.